The fourth-order valence-corrected chi connectivity index (χ4v) is 7.94. The first kappa shape index (κ1) is 32.5. The number of ether oxygens (including phenoxy) is 2. The van der Waals surface area contributed by atoms with Crippen LogP contribution in [0.15, 0.2) is 77.9 Å². The largest absolute Gasteiger partial charge is 0.504 e. The van der Waals surface area contributed by atoms with Crippen molar-refractivity contribution in [3.63, 3.8) is 0 Å². The van der Waals surface area contributed by atoms with Gasteiger partial charge in [0.25, 0.3) is 0 Å². The van der Waals surface area contributed by atoms with Crippen LogP contribution < -0.4 is 15.1 Å². The van der Waals surface area contributed by atoms with Crippen molar-refractivity contribution in [2.24, 2.45) is 23.7 Å². The summed E-state index contributed by atoms with van der Waals surface area (Å²) in [4.78, 5) is 29.0. The molecule has 0 spiro atoms. The first-order valence-electron chi connectivity index (χ1n) is 15.6. The molecule has 3 N–H and O–H groups in total. The number of methoxy groups -OCH3 is 1. The van der Waals surface area contributed by atoms with E-state index >= 15 is 0 Å². The summed E-state index contributed by atoms with van der Waals surface area (Å²) in [5, 5.41) is 29.8. The lowest BCUT2D eigenvalue weighted by molar-refractivity contribution is -0.122. The number of imide groups is 1. The van der Waals surface area contributed by atoms with E-state index in [1.807, 2.05) is 30.3 Å². The minimum atomic E-state index is -1.70. The molecule has 0 aromatic heterocycles. The molecule has 0 bridgehead atoms. The molecule has 0 radical (unpaired) electrons. The molecule has 3 aromatic carbocycles. The van der Waals surface area contributed by atoms with Crippen LogP contribution in [0.5, 0.6) is 11.5 Å². The monoisotopic (exact) mass is 733 g/mol. The van der Waals surface area contributed by atoms with Gasteiger partial charge in [-0.15, -0.1) is 0 Å². The second-order valence-electron chi connectivity index (χ2n) is 12.5. The summed E-state index contributed by atoms with van der Waals surface area (Å²) >= 11 is 2.10. The maximum atomic E-state index is 14.0. The highest BCUT2D eigenvalue weighted by atomic mass is 127. The Morgan fingerprint density at radius 3 is 2.52 bits per heavy atom. The number of hydrogen-bond donors (Lipinski definition) is 3. The number of carbonyl (C=O) groups excluding carboxylic acids is 2. The third-order valence-corrected chi connectivity index (χ3v) is 10.3. The summed E-state index contributed by atoms with van der Waals surface area (Å²) in [5.41, 5.74) is 6.05. The van der Waals surface area contributed by atoms with E-state index in [1.165, 1.54) is 23.6 Å². The average Bonchev–Trinajstić information content (AvgIpc) is 3.58. The minimum Gasteiger partial charge on any atom is -0.504 e. The molecule has 2 heterocycles. The molecule has 2 fully saturated rings. The minimum absolute atomic E-state index is 0.118. The van der Waals surface area contributed by atoms with E-state index in [0.29, 0.717) is 40.9 Å². The summed E-state index contributed by atoms with van der Waals surface area (Å²) < 4.78 is 12.6. The number of phenolic OH excluding ortho intramolecular Hbond substituents is 1. The van der Waals surface area contributed by atoms with E-state index in [0.717, 1.165) is 22.3 Å². The zero-order valence-electron chi connectivity index (χ0n) is 26.0. The Bertz CT molecular complexity index is 1720. The van der Waals surface area contributed by atoms with Gasteiger partial charge in [-0.1, -0.05) is 68.0 Å². The Morgan fingerprint density at radius 1 is 1.07 bits per heavy atom. The lowest BCUT2D eigenvalue weighted by atomic mass is 9.67. The molecular formula is C36H37BINO7. The molecule has 8 nitrogen and oxygen atoms in total. The number of carbonyl (C=O) groups is 2. The molecule has 3 aromatic rings. The van der Waals surface area contributed by atoms with Crippen molar-refractivity contribution in [2.75, 3.05) is 18.6 Å². The van der Waals surface area contributed by atoms with Gasteiger partial charge < -0.3 is 24.6 Å². The second-order valence-corrected chi connectivity index (χ2v) is 13.7. The normalized spacial score (nSPS) is 22.8. The number of fused-ring (bicyclic) bond motifs is 3. The second kappa shape index (κ2) is 13.3. The molecule has 238 valence electrons. The van der Waals surface area contributed by atoms with Crippen molar-refractivity contribution >= 4 is 64.3 Å². The number of halogens is 1. The van der Waals surface area contributed by atoms with E-state index in [9.17, 15) is 24.7 Å². The van der Waals surface area contributed by atoms with E-state index in [-0.39, 0.29) is 41.0 Å². The maximum absolute atomic E-state index is 14.0. The number of allylic oxidation sites excluding steroid dienone is 2. The first-order valence-corrected chi connectivity index (χ1v) is 16.7. The van der Waals surface area contributed by atoms with Gasteiger partial charge in [0.2, 0.25) is 11.8 Å². The maximum Gasteiger partial charge on any atom is 0.488 e. The Kier molecular flexibility index (Phi) is 9.43. The van der Waals surface area contributed by atoms with Crippen LogP contribution in [0.3, 0.4) is 0 Å². The molecule has 4 atom stereocenters. The number of hydrogen-bond acceptors (Lipinski definition) is 7. The molecular weight excluding hydrogens is 696 g/mol. The lowest BCUT2D eigenvalue weighted by Gasteiger charge is -2.33. The molecule has 0 saturated carbocycles. The quantitative estimate of drug-likeness (QED) is 0.0913. The number of rotatable bonds is 9. The van der Waals surface area contributed by atoms with Crippen molar-refractivity contribution in [2.45, 2.75) is 39.2 Å². The van der Waals surface area contributed by atoms with Crippen LogP contribution in [0.25, 0.3) is 11.6 Å². The number of benzene rings is 3. The van der Waals surface area contributed by atoms with Crippen LogP contribution in [0, 0.1) is 27.2 Å². The van der Waals surface area contributed by atoms with Crippen molar-refractivity contribution in [1.29, 1.82) is 0 Å². The van der Waals surface area contributed by atoms with Gasteiger partial charge >= 0.3 is 7.12 Å². The van der Waals surface area contributed by atoms with Crippen molar-refractivity contribution in [3.05, 3.63) is 92.6 Å². The van der Waals surface area contributed by atoms with E-state index in [4.69, 9.17) is 9.47 Å². The third kappa shape index (κ3) is 6.03. The average molecular weight is 733 g/mol. The molecule has 0 unspecified atom stereocenters. The number of nitrogens with zero attached hydrogens (tertiary/aromatic N) is 1. The molecule has 10 heteroatoms. The molecule has 6 rings (SSSR count). The van der Waals surface area contributed by atoms with Gasteiger partial charge in [-0.2, -0.15) is 0 Å². The SMILES string of the molecule is COc1cc(/C=C(/CC[C@H]2OC[C@H]3C2=C(C(C)C)C[C@H]2C(=O)N(c4cccc(B(O)O)c4)C(=O)[C@H]23)c2ccccc2)cc(I)c1O. The van der Waals surface area contributed by atoms with Gasteiger partial charge in [-0.25, -0.2) is 0 Å². The lowest BCUT2D eigenvalue weighted by Crippen LogP contribution is -2.36. The summed E-state index contributed by atoms with van der Waals surface area (Å²) in [5.74, 6) is -0.968. The van der Waals surface area contributed by atoms with Crippen molar-refractivity contribution in [1.82, 2.24) is 0 Å². The van der Waals surface area contributed by atoms with E-state index in [1.54, 1.807) is 18.2 Å². The van der Waals surface area contributed by atoms with Gasteiger partial charge in [0.15, 0.2) is 11.5 Å². The van der Waals surface area contributed by atoms with Gasteiger partial charge in [0.05, 0.1) is 40.9 Å². The van der Waals surface area contributed by atoms with Gasteiger partial charge in [-0.3, -0.25) is 14.5 Å². The molecule has 3 aliphatic rings. The van der Waals surface area contributed by atoms with Gasteiger partial charge in [0, 0.05) is 5.92 Å². The fourth-order valence-electron chi connectivity index (χ4n) is 7.31. The van der Waals surface area contributed by atoms with Crippen molar-refractivity contribution in [3.8, 4) is 11.5 Å². The highest BCUT2D eigenvalue weighted by molar-refractivity contribution is 14.1. The smallest absolute Gasteiger partial charge is 0.488 e. The molecule has 2 saturated heterocycles. The molecule has 46 heavy (non-hydrogen) atoms. The Labute approximate surface area is 283 Å². The highest BCUT2D eigenvalue weighted by Crippen LogP contribution is 2.52. The number of anilines is 1. The van der Waals surface area contributed by atoms with Crippen LogP contribution in [0.4, 0.5) is 5.69 Å². The number of aromatic hydroxyl groups is 1. The fraction of sp³-hybridized carbons (Fsp3) is 0.333. The predicted octanol–water partition coefficient (Wildman–Crippen LogP) is 5.18. The van der Waals surface area contributed by atoms with Crippen molar-refractivity contribution < 1.29 is 34.2 Å². The van der Waals surface area contributed by atoms with Gasteiger partial charge in [-0.05, 0) is 99.8 Å². The highest BCUT2D eigenvalue weighted by Gasteiger charge is 2.57. The molecule has 2 aliphatic heterocycles. The number of amides is 2. The van der Waals surface area contributed by atoms with Crippen LogP contribution in [-0.2, 0) is 14.3 Å². The van der Waals surface area contributed by atoms with E-state index in [2.05, 4.69) is 54.6 Å². The Morgan fingerprint density at radius 2 is 1.83 bits per heavy atom. The summed E-state index contributed by atoms with van der Waals surface area (Å²) in [6, 6.07) is 20.3. The zero-order chi connectivity index (χ0) is 32.7. The summed E-state index contributed by atoms with van der Waals surface area (Å²) in [6.07, 6.45) is 3.85. The van der Waals surface area contributed by atoms with Crippen LogP contribution >= 0.6 is 22.6 Å². The summed E-state index contributed by atoms with van der Waals surface area (Å²) in [7, 11) is -0.160. The predicted molar refractivity (Wildman–Crippen MR) is 186 cm³/mol. The standard InChI is InChI=1S/C36H37BINO7/c1-20(2)26-18-27-33(36(42)39(35(27)41)25-11-7-10-24(17-25)37(43)44)28-19-46-30(32(26)28)13-12-23(22-8-5-4-6-9-22)14-21-15-29(38)34(40)31(16-21)45-3/h4-11,14-17,20,27-28,30,33,40,43-44H,12-13,18-19H2,1-3H3/b23-14-/t27-,28+,30-,33-/m1/s1. The molecule has 1 aliphatic carbocycles. The first-order chi connectivity index (χ1) is 22.1. The Balaban J connectivity index is 1.30. The van der Waals surface area contributed by atoms with E-state index < -0.39 is 19.0 Å². The van der Waals surface area contributed by atoms with Crippen LogP contribution in [0.1, 0.15) is 44.2 Å². The topological polar surface area (TPSA) is 117 Å². The third-order valence-electron chi connectivity index (χ3n) is 9.50. The van der Waals surface area contributed by atoms with Gasteiger partial charge in [0.1, 0.15) is 0 Å². The number of phenols is 1. The Hall–Kier alpha value is -3.45. The van der Waals surface area contributed by atoms with Crippen LogP contribution in [0.2, 0.25) is 0 Å². The van der Waals surface area contributed by atoms with Crippen LogP contribution in [-0.4, -0.2) is 53.9 Å². The zero-order valence-corrected chi connectivity index (χ0v) is 28.2. The molecule has 2 amide bonds. The summed E-state index contributed by atoms with van der Waals surface area (Å²) in [6.45, 7) is 4.64.